The van der Waals surface area contributed by atoms with E-state index < -0.39 is 0 Å². The van der Waals surface area contributed by atoms with Crippen LogP contribution in [0.1, 0.15) is 11.6 Å². The summed E-state index contributed by atoms with van der Waals surface area (Å²) in [6.07, 6.45) is 1.55. The van der Waals surface area contributed by atoms with Gasteiger partial charge in [0.1, 0.15) is 5.82 Å². The van der Waals surface area contributed by atoms with Crippen molar-refractivity contribution in [2.45, 2.75) is 12.1 Å². The average Bonchev–Trinajstić information content (AvgIpc) is 2.32. The van der Waals surface area contributed by atoms with Gasteiger partial charge >= 0.3 is 0 Å². The van der Waals surface area contributed by atoms with E-state index in [-0.39, 0.29) is 12.1 Å². The van der Waals surface area contributed by atoms with Gasteiger partial charge in [0.15, 0.2) is 0 Å². The highest BCUT2D eigenvalue weighted by atomic mass is 35.5. The number of rotatable bonds is 2. The van der Waals surface area contributed by atoms with Crippen LogP contribution in [0.4, 0.5) is 5.82 Å². The van der Waals surface area contributed by atoms with Crippen LogP contribution >= 0.6 is 23.4 Å². The van der Waals surface area contributed by atoms with E-state index in [0.29, 0.717) is 10.8 Å². The van der Waals surface area contributed by atoms with Gasteiger partial charge < -0.3 is 11.5 Å². The molecule has 0 spiro atoms. The van der Waals surface area contributed by atoms with Crippen LogP contribution in [0.5, 0.6) is 0 Å². The molecule has 2 heterocycles. The zero-order chi connectivity index (χ0) is 12.4. The molecule has 1 saturated heterocycles. The van der Waals surface area contributed by atoms with Crippen LogP contribution in [-0.4, -0.2) is 41.0 Å². The van der Waals surface area contributed by atoms with Crippen molar-refractivity contribution in [1.82, 2.24) is 9.88 Å². The predicted molar refractivity (Wildman–Crippen MR) is 74.3 cm³/mol. The maximum Gasteiger partial charge on any atom is 0.128 e. The van der Waals surface area contributed by atoms with Gasteiger partial charge in [-0.05, 0) is 13.1 Å². The van der Waals surface area contributed by atoms with Crippen LogP contribution in [0.25, 0.3) is 0 Å². The molecule has 1 aliphatic heterocycles. The van der Waals surface area contributed by atoms with Crippen molar-refractivity contribution < 1.29 is 0 Å². The van der Waals surface area contributed by atoms with Gasteiger partial charge in [-0.25, -0.2) is 4.98 Å². The van der Waals surface area contributed by atoms with Crippen LogP contribution < -0.4 is 11.5 Å². The number of nitrogen functional groups attached to an aromatic ring is 1. The first kappa shape index (κ1) is 13.0. The van der Waals surface area contributed by atoms with Crippen molar-refractivity contribution in [1.29, 1.82) is 0 Å². The van der Waals surface area contributed by atoms with Crippen molar-refractivity contribution in [3.63, 3.8) is 0 Å². The Morgan fingerprint density at radius 1 is 1.65 bits per heavy atom. The first-order valence-electron chi connectivity index (χ1n) is 5.54. The maximum absolute atomic E-state index is 6.30. The second-order valence-electron chi connectivity index (χ2n) is 4.28. The van der Waals surface area contributed by atoms with Gasteiger partial charge in [0.25, 0.3) is 0 Å². The third-order valence-corrected chi connectivity index (χ3v) is 4.39. The number of thioether (sulfide) groups is 1. The molecule has 17 heavy (non-hydrogen) atoms. The molecule has 0 aromatic carbocycles. The summed E-state index contributed by atoms with van der Waals surface area (Å²) in [6, 6.07) is 1.97. The molecule has 0 amide bonds. The summed E-state index contributed by atoms with van der Waals surface area (Å²) < 4.78 is 0. The second-order valence-corrected chi connectivity index (χ2v) is 5.86. The van der Waals surface area contributed by atoms with E-state index in [9.17, 15) is 0 Å². The van der Waals surface area contributed by atoms with Crippen molar-refractivity contribution in [3.8, 4) is 0 Å². The summed E-state index contributed by atoms with van der Waals surface area (Å²) in [6.45, 7) is 1.05. The Hall–Kier alpha value is -0.490. The maximum atomic E-state index is 6.30. The standard InChI is InChI=1S/C11H17ClN4S/c1-16-2-3-17-6-9(16)10(13)8-4-7(12)5-15-11(8)14/h4-5,9-10H,2-3,6,13H2,1H3,(H2,14,15). The molecule has 2 atom stereocenters. The van der Waals surface area contributed by atoms with E-state index in [1.807, 2.05) is 17.8 Å². The van der Waals surface area contributed by atoms with Gasteiger partial charge in [-0.2, -0.15) is 11.8 Å². The summed E-state index contributed by atoms with van der Waals surface area (Å²) in [4.78, 5) is 6.34. The van der Waals surface area contributed by atoms with Crippen molar-refractivity contribution in [2.75, 3.05) is 30.8 Å². The fourth-order valence-electron chi connectivity index (χ4n) is 2.02. The van der Waals surface area contributed by atoms with E-state index >= 15 is 0 Å². The number of halogens is 1. The zero-order valence-corrected chi connectivity index (χ0v) is 11.3. The van der Waals surface area contributed by atoms with Gasteiger partial charge in [-0.3, -0.25) is 4.90 Å². The molecule has 94 valence electrons. The number of nitrogens with two attached hydrogens (primary N) is 2. The van der Waals surface area contributed by atoms with Gasteiger partial charge in [-0.1, -0.05) is 11.6 Å². The first-order chi connectivity index (χ1) is 8.09. The van der Waals surface area contributed by atoms with Crippen LogP contribution in [-0.2, 0) is 0 Å². The quantitative estimate of drug-likeness (QED) is 0.851. The van der Waals surface area contributed by atoms with Gasteiger partial charge in [0.05, 0.1) is 5.02 Å². The lowest BCUT2D eigenvalue weighted by atomic mass is 10.0. The zero-order valence-electron chi connectivity index (χ0n) is 9.77. The van der Waals surface area contributed by atoms with E-state index in [2.05, 4.69) is 16.9 Å². The minimum Gasteiger partial charge on any atom is -0.383 e. The highest BCUT2D eigenvalue weighted by molar-refractivity contribution is 7.99. The molecule has 4 N–H and O–H groups in total. The number of aromatic nitrogens is 1. The third kappa shape index (κ3) is 2.85. The SMILES string of the molecule is CN1CCSCC1C(N)c1cc(Cl)cnc1N. The number of hydrogen-bond donors (Lipinski definition) is 2. The molecule has 0 saturated carbocycles. The van der Waals surface area contributed by atoms with Crippen LogP contribution in [0.2, 0.25) is 5.02 Å². The Balaban J connectivity index is 2.23. The van der Waals surface area contributed by atoms with E-state index in [0.717, 1.165) is 23.6 Å². The first-order valence-corrected chi connectivity index (χ1v) is 7.07. The molecule has 1 aromatic heterocycles. The number of hydrogen-bond acceptors (Lipinski definition) is 5. The van der Waals surface area contributed by atoms with Crippen LogP contribution in [0.3, 0.4) is 0 Å². The second kappa shape index (κ2) is 5.44. The summed E-state index contributed by atoms with van der Waals surface area (Å²) >= 11 is 7.87. The molecule has 0 bridgehead atoms. The summed E-state index contributed by atoms with van der Waals surface area (Å²) in [7, 11) is 2.10. The molecule has 0 radical (unpaired) electrons. The highest BCUT2D eigenvalue weighted by Gasteiger charge is 2.28. The molecule has 1 aromatic rings. The van der Waals surface area contributed by atoms with Crippen molar-refractivity contribution in [3.05, 3.63) is 22.8 Å². The topological polar surface area (TPSA) is 68.2 Å². The summed E-state index contributed by atoms with van der Waals surface area (Å²) in [5, 5.41) is 0.579. The Bertz CT molecular complexity index is 401. The average molecular weight is 273 g/mol. The fourth-order valence-corrected chi connectivity index (χ4v) is 3.48. The van der Waals surface area contributed by atoms with E-state index in [1.165, 1.54) is 0 Å². The summed E-state index contributed by atoms with van der Waals surface area (Å²) in [5.41, 5.74) is 13.0. The lowest BCUT2D eigenvalue weighted by Crippen LogP contribution is -2.46. The lowest BCUT2D eigenvalue weighted by molar-refractivity contribution is 0.237. The molecule has 4 nitrogen and oxygen atoms in total. The van der Waals surface area contributed by atoms with Gasteiger partial charge in [-0.15, -0.1) is 0 Å². The van der Waals surface area contributed by atoms with Crippen molar-refractivity contribution >= 4 is 29.2 Å². The minimum atomic E-state index is -0.140. The molecular weight excluding hydrogens is 256 g/mol. The number of nitrogens with zero attached hydrogens (tertiary/aromatic N) is 2. The smallest absolute Gasteiger partial charge is 0.128 e. The Labute approximate surface area is 111 Å². The number of likely N-dealkylation sites (N-methyl/N-ethyl adjacent to an activating group) is 1. The molecule has 1 aliphatic rings. The molecule has 2 unspecified atom stereocenters. The molecule has 6 heteroatoms. The van der Waals surface area contributed by atoms with Crippen LogP contribution in [0.15, 0.2) is 12.3 Å². The Morgan fingerprint density at radius 2 is 2.41 bits per heavy atom. The summed E-state index contributed by atoms with van der Waals surface area (Å²) in [5.74, 6) is 2.65. The molecular formula is C11H17ClN4S. The van der Waals surface area contributed by atoms with Crippen LogP contribution in [0, 0.1) is 0 Å². The van der Waals surface area contributed by atoms with E-state index in [1.54, 1.807) is 6.20 Å². The number of pyridine rings is 1. The van der Waals surface area contributed by atoms with Gasteiger partial charge in [0, 0.05) is 41.9 Å². The predicted octanol–water partition coefficient (Wildman–Crippen LogP) is 1.36. The Morgan fingerprint density at radius 3 is 3.12 bits per heavy atom. The highest BCUT2D eigenvalue weighted by Crippen LogP contribution is 2.28. The Kier molecular flexibility index (Phi) is 4.14. The minimum absolute atomic E-state index is 0.140. The largest absolute Gasteiger partial charge is 0.383 e. The van der Waals surface area contributed by atoms with Gasteiger partial charge in [0.2, 0.25) is 0 Å². The molecule has 2 rings (SSSR count). The molecule has 1 fully saturated rings. The van der Waals surface area contributed by atoms with Crippen molar-refractivity contribution in [2.24, 2.45) is 5.73 Å². The number of anilines is 1. The fraction of sp³-hybridized carbons (Fsp3) is 0.545. The normalized spacial score (nSPS) is 23.6. The molecule has 0 aliphatic carbocycles. The lowest BCUT2D eigenvalue weighted by Gasteiger charge is -2.36. The third-order valence-electron chi connectivity index (χ3n) is 3.13. The van der Waals surface area contributed by atoms with E-state index in [4.69, 9.17) is 23.1 Å². The monoisotopic (exact) mass is 272 g/mol.